The highest BCUT2D eigenvalue weighted by atomic mass is 16.6. The molecule has 0 amide bonds. The van der Waals surface area contributed by atoms with E-state index in [-0.39, 0.29) is 0 Å². The molecule has 0 fully saturated rings. The van der Waals surface area contributed by atoms with Crippen molar-refractivity contribution in [2.24, 2.45) is 7.05 Å². The van der Waals surface area contributed by atoms with Crippen molar-refractivity contribution in [3.8, 4) is 11.5 Å². The van der Waals surface area contributed by atoms with Crippen molar-refractivity contribution in [1.82, 2.24) is 4.57 Å². The van der Waals surface area contributed by atoms with Gasteiger partial charge in [0.15, 0.2) is 11.5 Å². The molecule has 0 bridgehead atoms. The third-order valence-corrected chi connectivity index (χ3v) is 3.11. The van der Waals surface area contributed by atoms with Crippen LogP contribution in [0, 0.1) is 0 Å². The highest BCUT2D eigenvalue weighted by Gasteiger charge is 2.26. The van der Waals surface area contributed by atoms with Crippen molar-refractivity contribution in [2.75, 3.05) is 13.2 Å². The molecule has 2 aromatic rings. The van der Waals surface area contributed by atoms with Gasteiger partial charge in [-0.15, -0.1) is 0 Å². The van der Waals surface area contributed by atoms with E-state index in [0.29, 0.717) is 24.7 Å². The Labute approximate surface area is 105 Å². The van der Waals surface area contributed by atoms with Crippen LogP contribution in [-0.4, -0.2) is 22.9 Å². The van der Waals surface area contributed by atoms with Crippen LogP contribution in [0.3, 0.4) is 0 Å². The Morgan fingerprint density at radius 3 is 2.67 bits per heavy atom. The van der Waals surface area contributed by atoms with Crippen LogP contribution >= 0.6 is 0 Å². The summed E-state index contributed by atoms with van der Waals surface area (Å²) in [5, 5.41) is 10.5. The monoisotopic (exact) mass is 245 g/mol. The lowest BCUT2D eigenvalue weighted by atomic mass is 10.1. The van der Waals surface area contributed by atoms with Gasteiger partial charge in [-0.1, -0.05) is 30.3 Å². The van der Waals surface area contributed by atoms with Gasteiger partial charge in [-0.05, 0) is 5.56 Å². The van der Waals surface area contributed by atoms with Crippen molar-refractivity contribution < 1.29 is 14.6 Å². The van der Waals surface area contributed by atoms with Gasteiger partial charge in [0.1, 0.15) is 19.3 Å². The van der Waals surface area contributed by atoms with Crippen molar-refractivity contribution in [1.29, 1.82) is 0 Å². The quantitative estimate of drug-likeness (QED) is 0.878. The Hall–Kier alpha value is -1.94. The zero-order chi connectivity index (χ0) is 12.5. The summed E-state index contributed by atoms with van der Waals surface area (Å²) in [4.78, 5) is 0. The predicted molar refractivity (Wildman–Crippen MR) is 66.9 cm³/mol. The summed E-state index contributed by atoms with van der Waals surface area (Å²) in [6, 6.07) is 9.54. The minimum atomic E-state index is -0.707. The van der Waals surface area contributed by atoms with Gasteiger partial charge in [0.25, 0.3) is 0 Å². The first-order chi connectivity index (χ1) is 8.77. The molecule has 1 aliphatic heterocycles. The number of aliphatic hydroxyl groups excluding tert-OH is 1. The molecule has 1 aliphatic rings. The van der Waals surface area contributed by atoms with Crippen LogP contribution < -0.4 is 9.47 Å². The summed E-state index contributed by atoms with van der Waals surface area (Å²) < 4.78 is 13.0. The number of benzene rings is 1. The number of hydrogen-bond donors (Lipinski definition) is 1. The Bertz CT molecular complexity index is 548. The maximum absolute atomic E-state index is 10.5. The van der Waals surface area contributed by atoms with Crippen LogP contribution in [0.2, 0.25) is 0 Å². The Kier molecular flexibility index (Phi) is 2.72. The SMILES string of the molecule is Cn1cc2c(c1C(O)c1ccccc1)OCCO2. The van der Waals surface area contributed by atoms with Crippen LogP contribution in [0.15, 0.2) is 36.5 Å². The fourth-order valence-electron chi connectivity index (χ4n) is 2.24. The molecule has 0 aliphatic carbocycles. The van der Waals surface area contributed by atoms with Gasteiger partial charge in [-0.3, -0.25) is 0 Å². The van der Waals surface area contributed by atoms with E-state index in [0.717, 1.165) is 11.3 Å². The van der Waals surface area contributed by atoms with Crippen LogP contribution in [0.1, 0.15) is 17.4 Å². The van der Waals surface area contributed by atoms with Gasteiger partial charge >= 0.3 is 0 Å². The van der Waals surface area contributed by atoms with Crippen LogP contribution in [0.25, 0.3) is 0 Å². The van der Waals surface area contributed by atoms with Crippen LogP contribution in [-0.2, 0) is 7.05 Å². The highest BCUT2D eigenvalue weighted by Crippen LogP contribution is 2.40. The molecule has 1 aromatic heterocycles. The topological polar surface area (TPSA) is 43.6 Å². The maximum atomic E-state index is 10.5. The second-order valence-corrected chi connectivity index (χ2v) is 4.33. The fraction of sp³-hybridized carbons (Fsp3) is 0.286. The molecule has 4 nitrogen and oxygen atoms in total. The van der Waals surface area contributed by atoms with E-state index in [4.69, 9.17) is 9.47 Å². The summed E-state index contributed by atoms with van der Waals surface area (Å²) >= 11 is 0. The van der Waals surface area contributed by atoms with Crippen LogP contribution in [0.5, 0.6) is 11.5 Å². The smallest absolute Gasteiger partial charge is 0.185 e. The lowest BCUT2D eigenvalue weighted by Crippen LogP contribution is -2.16. The molecule has 1 unspecified atom stereocenters. The minimum absolute atomic E-state index is 0.519. The van der Waals surface area contributed by atoms with Crippen molar-refractivity contribution in [3.63, 3.8) is 0 Å². The van der Waals surface area contributed by atoms with Crippen molar-refractivity contribution in [2.45, 2.75) is 6.10 Å². The molecule has 0 radical (unpaired) electrons. The van der Waals surface area contributed by atoms with Crippen molar-refractivity contribution in [3.05, 3.63) is 47.8 Å². The lowest BCUT2D eigenvalue weighted by molar-refractivity contribution is 0.160. The first kappa shape index (κ1) is 11.2. The lowest BCUT2D eigenvalue weighted by Gasteiger charge is -2.18. The largest absolute Gasteiger partial charge is 0.485 e. The average molecular weight is 245 g/mol. The molecule has 0 spiro atoms. The summed E-state index contributed by atoms with van der Waals surface area (Å²) in [6.45, 7) is 1.07. The van der Waals surface area contributed by atoms with Gasteiger partial charge in [0.2, 0.25) is 0 Å². The Balaban J connectivity index is 2.04. The predicted octanol–water partition coefficient (Wildman–Crippen LogP) is 1.88. The molecular formula is C14H15NO3. The average Bonchev–Trinajstić information content (AvgIpc) is 2.75. The second-order valence-electron chi connectivity index (χ2n) is 4.33. The van der Waals surface area contributed by atoms with Crippen LogP contribution in [0.4, 0.5) is 0 Å². The van der Waals surface area contributed by atoms with E-state index in [9.17, 15) is 5.11 Å². The second kappa shape index (κ2) is 4.38. The molecule has 1 N–H and O–H groups in total. The summed E-state index contributed by atoms with van der Waals surface area (Å²) in [5.41, 5.74) is 1.58. The van der Waals surface area contributed by atoms with E-state index < -0.39 is 6.10 Å². The van der Waals surface area contributed by atoms with E-state index >= 15 is 0 Å². The normalized spacial score (nSPS) is 15.4. The number of rotatable bonds is 2. The molecule has 0 saturated carbocycles. The standard InChI is InChI=1S/C14H15NO3/c1-15-9-11-14(18-8-7-17-11)12(15)13(16)10-5-3-2-4-6-10/h2-6,9,13,16H,7-8H2,1H3. The molecular weight excluding hydrogens is 230 g/mol. The Morgan fingerprint density at radius 2 is 1.89 bits per heavy atom. The number of fused-ring (bicyclic) bond motifs is 1. The molecule has 18 heavy (non-hydrogen) atoms. The molecule has 4 heteroatoms. The summed E-state index contributed by atoms with van der Waals surface area (Å²) in [6.07, 6.45) is 1.14. The molecule has 1 atom stereocenters. The first-order valence-corrected chi connectivity index (χ1v) is 5.95. The number of ether oxygens (including phenoxy) is 2. The third kappa shape index (κ3) is 1.75. The van der Waals surface area contributed by atoms with E-state index in [2.05, 4.69) is 0 Å². The van der Waals surface area contributed by atoms with E-state index in [1.54, 1.807) is 0 Å². The maximum Gasteiger partial charge on any atom is 0.185 e. The highest BCUT2D eigenvalue weighted by molar-refractivity contribution is 5.48. The molecule has 94 valence electrons. The minimum Gasteiger partial charge on any atom is -0.485 e. The molecule has 3 rings (SSSR count). The van der Waals surface area contributed by atoms with Gasteiger partial charge in [0, 0.05) is 7.05 Å². The Morgan fingerprint density at radius 1 is 1.17 bits per heavy atom. The third-order valence-electron chi connectivity index (χ3n) is 3.11. The van der Waals surface area contributed by atoms with Gasteiger partial charge < -0.3 is 19.1 Å². The number of aliphatic hydroxyl groups is 1. The zero-order valence-corrected chi connectivity index (χ0v) is 10.2. The number of hydrogen-bond acceptors (Lipinski definition) is 3. The van der Waals surface area contributed by atoms with Gasteiger partial charge in [-0.25, -0.2) is 0 Å². The number of aryl methyl sites for hydroxylation is 1. The molecule has 1 aromatic carbocycles. The first-order valence-electron chi connectivity index (χ1n) is 5.95. The van der Waals surface area contributed by atoms with Gasteiger partial charge in [-0.2, -0.15) is 0 Å². The summed E-state index contributed by atoms with van der Waals surface area (Å²) in [5.74, 6) is 1.36. The van der Waals surface area contributed by atoms with E-state index in [1.807, 2.05) is 48.1 Å². The van der Waals surface area contributed by atoms with E-state index in [1.165, 1.54) is 0 Å². The molecule has 2 heterocycles. The summed E-state index contributed by atoms with van der Waals surface area (Å²) in [7, 11) is 1.88. The van der Waals surface area contributed by atoms with Gasteiger partial charge in [0.05, 0.1) is 11.9 Å². The zero-order valence-electron chi connectivity index (χ0n) is 10.2. The number of aromatic nitrogens is 1. The molecule has 0 saturated heterocycles. The van der Waals surface area contributed by atoms with Crippen molar-refractivity contribution >= 4 is 0 Å². The fourth-order valence-corrected chi connectivity index (χ4v) is 2.24. The number of nitrogens with zero attached hydrogens (tertiary/aromatic N) is 1.